The Morgan fingerprint density at radius 1 is 0.952 bits per heavy atom. The lowest BCUT2D eigenvalue weighted by Gasteiger charge is -2.59. The van der Waals surface area contributed by atoms with Crippen LogP contribution in [0.3, 0.4) is 0 Å². The maximum absolute atomic E-state index is 6.12. The van der Waals surface area contributed by atoms with Crippen LogP contribution in [0.25, 0.3) is 0 Å². The molecule has 21 heavy (non-hydrogen) atoms. The van der Waals surface area contributed by atoms with Gasteiger partial charge in [0.25, 0.3) is 0 Å². The molecule has 0 aromatic heterocycles. The van der Waals surface area contributed by atoms with Crippen LogP contribution in [0.5, 0.6) is 0 Å². The molecular weight excluding hydrogens is 254 g/mol. The number of rotatable bonds is 1. The van der Waals surface area contributed by atoms with Crippen molar-refractivity contribution in [2.75, 3.05) is 6.54 Å². The summed E-state index contributed by atoms with van der Waals surface area (Å²) in [6.07, 6.45) is 16.5. The van der Waals surface area contributed by atoms with Gasteiger partial charge >= 0.3 is 0 Å². The van der Waals surface area contributed by atoms with Crippen molar-refractivity contribution < 1.29 is 0 Å². The van der Waals surface area contributed by atoms with Gasteiger partial charge in [0.2, 0.25) is 0 Å². The molecule has 0 bridgehead atoms. The molecule has 3 saturated carbocycles. The van der Waals surface area contributed by atoms with Crippen LogP contribution in [0.2, 0.25) is 0 Å². The standard InChI is InChI=1S/C20H33N/c1-19-11-4-3-5-14(19)6-8-16-17-9-7-15(13-21)20(17,2)12-10-18(16)19/h3,5,14-18H,4,6-13,21H2,1-2H3/t14?,15?,16-,17-,18-,19-,20+/m0/s1. The average molecular weight is 287 g/mol. The minimum Gasteiger partial charge on any atom is -0.330 e. The molecule has 0 aromatic carbocycles. The van der Waals surface area contributed by atoms with Gasteiger partial charge in [-0.3, -0.25) is 0 Å². The molecule has 1 heteroatoms. The summed E-state index contributed by atoms with van der Waals surface area (Å²) in [7, 11) is 0. The predicted molar refractivity (Wildman–Crippen MR) is 88.8 cm³/mol. The Kier molecular flexibility index (Phi) is 3.30. The largest absolute Gasteiger partial charge is 0.330 e. The summed E-state index contributed by atoms with van der Waals surface area (Å²) in [5.41, 5.74) is 7.30. The normalized spacial score (nSPS) is 55.7. The highest BCUT2D eigenvalue weighted by atomic mass is 14.7. The van der Waals surface area contributed by atoms with Crippen molar-refractivity contribution >= 4 is 0 Å². The van der Waals surface area contributed by atoms with E-state index in [1.165, 1.54) is 51.4 Å². The molecular formula is C20H33N. The van der Waals surface area contributed by atoms with E-state index >= 15 is 0 Å². The summed E-state index contributed by atoms with van der Waals surface area (Å²) in [5.74, 6) is 4.67. The molecule has 0 aromatic rings. The first-order chi connectivity index (χ1) is 10.1. The zero-order valence-electron chi connectivity index (χ0n) is 14.0. The van der Waals surface area contributed by atoms with E-state index in [-0.39, 0.29) is 0 Å². The fourth-order valence-corrected chi connectivity index (χ4v) is 7.32. The Hall–Kier alpha value is -0.300. The highest BCUT2D eigenvalue weighted by Crippen LogP contribution is 2.66. The van der Waals surface area contributed by atoms with E-state index in [2.05, 4.69) is 26.0 Å². The van der Waals surface area contributed by atoms with E-state index in [1.807, 2.05) is 0 Å². The maximum Gasteiger partial charge on any atom is -0.00435 e. The van der Waals surface area contributed by atoms with Crippen LogP contribution >= 0.6 is 0 Å². The third-order valence-electron chi connectivity index (χ3n) is 8.64. The summed E-state index contributed by atoms with van der Waals surface area (Å²) in [5, 5.41) is 0. The first-order valence-electron chi connectivity index (χ1n) is 9.46. The number of hydrogen-bond donors (Lipinski definition) is 1. The molecule has 0 saturated heterocycles. The van der Waals surface area contributed by atoms with Gasteiger partial charge in [-0.1, -0.05) is 26.0 Å². The Morgan fingerprint density at radius 2 is 1.76 bits per heavy atom. The van der Waals surface area contributed by atoms with Crippen molar-refractivity contribution in [1.82, 2.24) is 0 Å². The van der Waals surface area contributed by atoms with E-state index in [9.17, 15) is 0 Å². The summed E-state index contributed by atoms with van der Waals surface area (Å²) in [6.45, 7) is 6.15. The van der Waals surface area contributed by atoms with Crippen LogP contribution in [0.1, 0.15) is 65.2 Å². The van der Waals surface area contributed by atoms with Gasteiger partial charge in [-0.2, -0.15) is 0 Å². The van der Waals surface area contributed by atoms with Gasteiger partial charge in [0.15, 0.2) is 0 Å². The highest BCUT2D eigenvalue weighted by Gasteiger charge is 2.58. The Labute approximate surface area is 130 Å². The van der Waals surface area contributed by atoms with Crippen LogP contribution in [0, 0.1) is 40.4 Å². The summed E-state index contributed by atoms with van der Waals surface area (Å²) in [6, 6.07) is 0. The quantitative estimate of drug-likeness (QED) is 0.691. The molecule has 3 fully saturated rings. The van der Waals surface area contributed by atoms with Crippen molar-refractivity contribution in [3.63, 3.8) is 0 Å². The van der Waals surface area contributed by atoms with Gasteiger partial charge in [0.1, 0.15) is 0 Å². The van der Waals surface area contributed by atoms with Gasteiger partial charge < -0.3 is 5.73 Å². The maximum atomic E-state index is 6.12. The van der Waals surface area contributed by atoms with Crippen molar-refractivity contribution in [1.29, 1.82) is 0 Å². The van der Waals surface area contributed by atoms with Crippen molar-refractivity contribution in [2.24, 2.45) is 46.2 Å². The zero-order valence-corrected chi connectivity index (χ0v) is 14.0. The van der Waals surface area contributed by atoms with Crippen LogP contribution in [-0.2, 0) is 0 Å². The lowest BCUT2D eigenvalue weighted by Crippen LogP contribution is -2.52. The minimum atomic E-state index is 0.573. The SMILES string of the molecule is C[C@]12CCC=CC1CC[C@@H]1[C@@H]2CC[C@]2(C)C(CN)CC[C@@H]12. The van der Waals surface area contributed by atoms with E-state index < -0.39 is 0 Å². The molecule has 2 unspecified atom stereocenters. The molecule has 0 aliphatic heterocycles. The summed E-state index contributed by atoms with van der Waals surface area (Å²) < 4.78 is 0. The topological polar surface area (TPSA) is 26.0 Å². The molecule has 4 rings (SSSR count). The Bertz CT molecular complexity index is 441. The molecule has 4 aliphatic rings. The van der Waals surface area contributed by atoms with E-state index in [4.69, 9.17) is 5.73 Å². The first-order valence-corrected chi connectivity index (χ1v) is 9.46. The molecule has 0 amide bonds. The summed E-state index contributed by atoms with van der Waals surface area (Å²) in [4.78, 5) is 0. The second kappa shape index (κ2) is 4.85. The zero-order chi connectivity index (χ0) is 14.7. The van der Waals surface area contributed by atoms with Crippen molar-refractivity contribution in [3.8, 4) is 0 Å². The third kappa shape index (κ3) is 1.85. The molecule has 0 radical (unpaired) electrons. The van der Waals surface area contributed by atoms with E-state index in [0.717, 1.165) is 36.1 Å². The van der Waals surface area contributed by atoms with E-state index in [0.29, 0.717) is 10.8 Å². The molecule has 4 aliphatic carbocycles. The lowest BCUT2D eigenvalue weighted by atomic mass is 9.45. The molecule has 0 spiro atoms. The first kappa shape index (κ1) is 14.3. The van der Waals surface area contributed by atoms with Gasteiger partial charge in [-0.25, -0.2) is 0 Å². The lowest BCUT2D eigenvalue weighted by molar-refractivity contribution is -0.0897. The smallest absolute Gasteiger partial charge is 0.00435 e. The fourth-order valence-electron chi connectivity index (χ4n) is 7.32. The monoisotopic (exact) mass is 287 g/mol. The highest BCUT2D eigenvalue weighted by molar-refractivity contribution is 5.13. The number of allylic oxidation sites excluding steroid dienone is 2. The Morgan fingerprint density at radius 3 is 2.57 bits per heavy atom. The van der Waals surface area contributed by atoms with E-state index in [1.54, 1.807) is 0 Å². The fraction of sp³-hybridized carbons (Fsp3) is 0.900. The Balaban J connectivity index is 1.64. The number of hydrogen-bond acceptors (Lipinski definition) is 1. The van der Waals surface area contributed by atoms with Crippen LogP contribution in [0.4, 0.5) is 0 Å². The molecule has 0 heterocycles. The van der Waals surface area contributed by atoms with Gasteiger partial charge in [0.05, 0.1) is 0 Å². The second-order valence-electron chi connectivity index (χ2n) is 9.09. The van der Waals surface area contributed by atoms with Crippen molar-refractivity contribution in [3.05, 3.63) is 12.2 Å². The number of fused-ring (bicyclic) bond motifs is 5. The van der Waals surface area contributed by atoms with Crippen LogP contribution < -0.4 is 5.73 Å². The van der Waals surface area contributed by atoms with Crippen molar-refractivity contribution in [2.45, 2.75) is 65.2 Å². The molecule has 118 valence electrons. The molecule has 2 N–H and O–H groups in total. The predicted octanol–water partition coefficient (Wildman–Crippen LogP) is 4.77. The second-order valence-corrected chi connectivity index (χ2v) is 9.09. The minimum absolute atomic E-state index is 0.573. The van der Waals surface area contributed by atoms with Gasteiger partial charge in [-0.15, -0.1) is 0 Å². The number of nitrogens with two attached hydrogens (primary N) is 1. The van der Waals surface area contributed by atoms with Crippen LogP contribution in [0.15, 0.2) is 12.2 Å². The van der Waals surface area contributed by atoms with Gasteiger partial charge in [0, 0.05) is 0 Å². The van der Waals surface area contributed by atoms with Gasteiger partial charge in [-0.05, 0) is 98.3 Å². The average Bonchev–Trinajstić information content (AvgIpc) is 2.83. The molecule has 7 atom stereocenters. The molecule has 1 nitrogen and oxygen atoms in total. The van der Waals surface area contributed by atoms with Crippen LogP contribution in [-0.4, -0.2) is 6.54 Å². The third-order valence-corrected chi connectivity index (χ3v) is 8.64. The summed E-state index contributed by atoms with van der Waals surface area (Å²) >= 11 is 0.